The third-order valence-corrected chi connectivity index (χ3v) is 13.2. The molecule has 3 aromatic rings. The lowest BCUT2D eigenvalue weighted by atomic mass is 9.75. The number of aliphatic hydroxyl groups excluding tert-OH is 2. The number of allylic oxidation sites excluding steroid dienone is 5. The molecule has 8 aliphatic rings. The van der Waals surface area contributed by atoms with Crippen LogP contribution in [-0.4, -0.2) is 95.2 Å². The molecule has 2 fully saturated rings. The van der Waals surface area contributed by atoms with Crippen molar-refractivity contribution in [3.8, 4) is 29.3 Å². The Hall–Kier alpha value is -6.10. The number of Topliss-reactive ketones (excluding diaryl/α,β-unsaturated/α-hetero) is 1. The minimum Gasteiger partial charge on any atom is -0.506 e. The van der Waals surface area contributed by atoms with E-state index in [0.717, 1.165) is 58.4 Å². The van der Waals surface area contributed by atoms with Crippen LogP contribution >= 0.6 is 0 Å². The second-order valence-electron chi connectivity index (χ2n) is 16.4. The van der Waals surface area contributed by atoms with Gasteiger partial charge in [0.15, 0.2) is 23.7 Å². The molecule has 1 saturated heterocycles. The Balaban J connectivity index is 1.17. The number of carbonyl (C=O) groups is 2. The number of hydrogen-bond donors (Lipinski definition) is 3. The second kappa shape index (κ2) is 14.3. The second-order valence-corrected chi connectivity index (χ2v) is 16.4. The number of benzene rings is 3. The molecular formula is C48H41N2O10+. The van der Waals surface area contributed by atoms with E-state index in [1.54, 1.807) is 24.4 Å². The number of methoxy groups -OCH3 is 1. The summed E-state index contributed by atoms with van der Waals surface area (Å²) in [5.41, 5.74) is 6.45. The summed E-state index contributed by atoms with van der Waals surface area (Å²) in [5, 5.41) is 37.3. The normalized spacial score (nSPS) is 29.6. The fourth-order valence-corrected chi connectivity index (χ4v) is 10.3. The van der Waals surface area contributed by atoms with Gasteiger partial charge in [-0.2, -0.15) is 4.99 Å². The van der Waals surface area contributed by atoms with Crippen molar-refractivity contribution in [1.29, 1.82) is 0 Å². The molecule has 0 aromatic heterocycles. The van der Waals surface area contributed by atoms with E-state index in [1.807, 2.05) is 48.9 Å². The highest BCUT2D eigenvalue weighted by Crippen LogP contribution is 2.54. The summed E-state index contributed by atoms with van der Waals surface area (Å²) in [4.78, 5) is 35.0. The van der Waals surface area contributed by atoms with E-state index >= 15 is 0 Å². The molecule has 1 amide bonds. The van der Waals surface area contributed by atoms with Gasteiger partial charge < -0.3 is 43.9 Å². The molecule has 12 heteroatoms. The molecule has 5 aliphatic heterocycles. The predicted molar refractivity (Wildman–Crippen MR) is 220 cm³/mol. The lowest BCUT2D eigenvalue weighted by Crippen LogP contribution is -2.61. The van der Waals surface area contributed by atoms with Crippen molar-refractivity contribution in [2.75, 3.05) is 20.3 Å². The molecule has 8 bridgehead atoms. The first-order valence-electron chi connectivity index (χ1n) is 20.5. The van der Waals surface area contributed by atoms with Crippen molar-refractivity contribution in [3.05, 3.63) is 117 Å². The van der Waals surface area contributed by atoms with E-state index in [4.69, 9.17) is 23.7 Å². The van der Waals surface area contributed by atoms with Gasteiger partial charge in [-0.05, 0) is 71.2 Å². The maximum absolute atomic E-state index is 15.0. The van der Waals surface area contributed by atoms with E-state index in [-0.39, 0.29) is 66.3 Å². The molecule has 12 nitrogen and oxygen atoms in total. The largest absolute Gasteiger partial charge is 0.506 e. The fourth-order valence-electron chi connectivity index (χ4n) is 10.3. The number of aliphatic imine (C=N–C) groups is 1. The maximum Gasteiger partial charge on any atom is 0.254 e. The number of hydrogen-bond acceptors (Lipinski definition) is 11. The van der Waals surface area contributed by atoms with Gasteiger partial charge in [0.05, 0.1) is 48.6 Å². The average molecular weight is 806 g/mol. The van der Waals surface area contributed by atoms with Crippen molar-refractivity contribution >= 4 is 40.8 Å². The number of amides is 1. The third-order valence-electron chi connectivity index (χ3n) is 13.2. The number of aromatic hydroxyl groups is 1. The Bertz CT molecular complexity index is 2660. The average Bonchev–Trinajstić information content (AvgIpc) is 3.99. The zero-order valence-corrected chi connectivity index (χ0v) is 32.7. The number of phenols is 1. The minimum atomic E-state index is -1.59. The van der Waals surface area contributed by atoms with Crippen LogP contribution in [0.25, 0.3) is 22.9 Å². The van der Waals surface area contributed by atoms with Crippen LogP contribution in [0.1, 0.15) is 73.7 Å². The number of carbonyl (C=O) groups excluding carboxylic acids is 2. The first-order chi connectivity index (χ1) is 29.3. The number of fused-ring (bicyclic) bond motifs is 10. The Morgan fingerprint density at radius 2 is 1.95 bits per heavy atom. The van der Waals surface area contributed by atoms with Crippen molar-refractivity contribution in [3.63, 3.8) is 0 Å². The van der Waals surface area contributed by atoms with Crippen molar-refractivity contribution < 1.29 is 48.6 Å². The molecule has 3 N–H and O–H groups in total. The topological polar surface area (TPSA) is 157 Å². The van der Waals surface area contributed by atoms with Gasteiger partial charge in [-0.3, -0.25) is 9.59 Å². The third kappa shape index (κ3) is 5.68. The van der Waals surface area contributed by atoms with Gasteiger partial charge in [-0.1, -0.05) is 36.6 Å². The van der Waals surface area contributed by atoms with Crippen LogP contribution in [0, 0.1) is 24.4 Å². The highest BCUT2D eigenvalue weighted by atomic mass is 16.7. The number of phenolic OH excluding ortho intramolecular Hbond substituents is 1. The zero-order valence-electron chi connectivity index (χ0n) is 32.7. The lowest BCUT2D eigenvalue weighted by molar-refractivity contribution is -0.279. The highest BCUT2D eigenvalue weighted by molar-refractivity contribution is 6.14. The minimum absolute atomic E-state index is 0.0349. The van der Waals surface area contributed by atoms with Crippen LogP contribution in [-0.2, 0) is 27.2 Å². The van der Waals surface area contributed by atoms with Gasteiger partial charge >= 0.3 is 0 Å². The quantitative estimate of drug-likeness (QED) is 0.224. The van der Waals surface area contributed by atoms with Crippen molar-refractivity contribution in [1.82, 2.24) is 4.90 Å². The summed E-state index contributed by atoms with van der Waals surface area (Å²) in [6, 6.07) is 7.24. The summed E-state index contributed by atoms with van der Waals surface area (Å²) in [6.45, 7) is -0.216. The van der Waals surface area contributed by atoms with Gasteiger partial charge in [-0.15, -0.1) is 0 Å². The summed E-state index contributed by atoms with van der Waals surface area (Å²) >= 11 is 0. The number of aliphatic hydroxyl groups is 2. The van der Waals surface area contributed by atoms with E-state index in [2.05, 4.69) is 23.1 Å². The first-order valence-corrected chi connectivity index (χ1v) is 20.5. The van der Waals surface area contributed by atoms with Gasteiger partial charge in [0.2, 0.25) is 6.29 Å². The molecule has 5 heterocycles. The fraction of sp³-hybridized carbons (Fsp3) is 0.333. The van der Waals surface area contributed by atoms with E-state index in [1.165, 1.54) is 12.0 Å². The van der Waals surface area contributed by atoms with Crippen LogP contribution in [0.15, 0.2) is 76.5 Å². The number of ketones is 1. The Morgan fingerprint density at radius 3 is 2.83 bits per heavy atom. The lowest BCUT2D eigenvalue weighted by Gasteiger charge is -2.41. The number of rotatable bonds is 2. The summed E-state index contributed by atoms with van der Waals surface area (Å²) in [6.07, 6.45) is 15.3. The SMILES string of the molecule is COc1cc2c3c(c4c(O)c2c2c1C=CC(C1=C5[CH+]C=CC=C5N=C1)OCC1OC(O2)C(O)C(OC#CCc2cccc5c2CN(CC4=O)C5=O)C1O)C1CCCC1C=C3. The van der Waals surface area contributed by atoms with Crippen molar-refractivity contribution in [2.24, 2.45) is 10.9 Å². The molecule has 3 aliphatic carbocycles. The van der Waals surface area contributed by atoms with E-state index < -0.39 is 42.6 Å². The van der Waals surface area contributed by atoms with Gasteiger partial charge in [0.1, 0.15) is 47.2 Å². The van der Waals surface area contributed by atoms with Crippen LogP contribution in [0.2, 0.25) is 0 Å². The maximum atomic E-state index is 15.0. The Labute approximate surface area is 345 Å². The first kappa shape index (κ1) is 36.9. The number of nitrogens with zero attached hydrogens (tertiary/aromatic N) is 2. The standard InChI is InChI=1S/C48H40N2O10/c1-56-37-19-31-28-15-14-25-8-4-11-26(25)39(28)41-35(51)22-50-21-33-24(7-5-12-29(33)47(50)55)9-6-18-57-46-42(52)38-23-58-36(32-20-49-34-13-3-2-10-27(32)34)17-16-30(37)45(40(31)43(41)53)60-48(59-38)44(46)54/h2-3,5,7,10,12-17,19-20,25-26,36,38,42,44,46,48,52,54H,4,8-9,11,21-23H2,1H3/p+1. The van der Waals surface area contributed by atoms with Gasteiger partial charge in [0, 0.05) is 48.6 Å². The summed E-state index contributed by atoms with van der Waals surface area (Å²) < 4.78 is 31.8. The predicted octanol–water partition coefficient (Wildman–Crippen LogP) is 5.48. The van der Waals surface area contributed by atoms with Crippen LogP contribution in [0.4, 0.5) is 0 Å². The van der Waals surface area contributed by atoms with Crippen LogP contribution in [0.3, 0.4) is 0 Å². The molecule has 8 unspecified atom stereocenters. The summed E-state index contributed by atoms with van der Waals surface area (Å²) in [5.74, 6) is 2.62. The Morgan fingerprint density at radius 1 is 1.07 bits per heavy atom. The van der Waals surface area contributed by atoms with Crippen LogP contribution in [0.5, 0.6) is 17.2 Å². The zero-order chi connectivity index (χ0) is 40.8. The van der Waals surface area contributed by atoms with Crippen molar-refractivity contribution in [2.45, 2.75) is 75.0 Å². The molecule has 302 valence electrons. The van der Waals surface area contributed by atoms with E-state index in [9.17, 15) is 24.9 Å². The van der Waals surface area contributed by atoms with Crippen LogP contribution < -0.4 is 9.47 Å². The Kier molecular flexibility index (Phi) is 8.79. The highest BCUT2D eigenvalue weighted by Gasteiger charge is 2.49. The monoisotopic (exact) mass is 805 g/mol. The number of ether oxygens (including phenoxy) is 5. The molecule has 0 spiro atoms. The molecule has 1 saturated carbocycles. The molecule has 3 aromatic carbocycles. The molecule has 8 atom stereocenters. The summed E-state index contributed by atoms with van der Waals surface area (Å²) in [7, 11) is 1.54. The molecular weight excluding hydrogens is 765 g/mol. The molecule has 0 radical (unpaired) electrons. The van der Waals surface area contributed by atoms with Gasteiger partial charge in [0.25, 0.3) is 5.91 Å². The smallest absolute Gasteiger partial charge is 0.254 e. The van der Waals surface area contributed by atoms with E-state index in [0.29, 0.717) is 22.3 Å². The van der Waals surface area contributed by atoms with Gasteiger partial charge in [-0.25, -0.2) is 0 Å². The molecule has 11 rings (SSSR count). The molecule has 60 heavy (non-hydrogen) atoms.